The van der Waals surface area contributed by atoms with Crippen molar-refractivity contribution in [3.05, 3.63) is 35.9 Å². The largest absolute Gasteiger partial charge is 0.336 e. The summed E-state index contributed by atoms with van der Waals surface area (Å²) >= 11 is 0. The molecule has 1 aromatic carbocycles. The van der Waals surface area contributed by atoms with Crippen molar-refractivity contribution < 1.29 is 9.59 Å². The van der Waals surface area contributed by atoms with Crippen LogP contribution in [0.1, 0.15) is 39.2 Å². The van der Waals surface area contributed by atoms with Crippen LogP contribution in [-0.4, -0.2) is 28.8 Å². The van der Waals surface area contributed by atoms with Crippen LogP contribution in [0.4, 0.5) is 0 Å². The summed E-state index contributed by atoms with van der Waals surface area (Å²) in [5.74, 6) is 0.478. The Morgan fingerprint density at radius 1 is 1.29 bits per heavy atom. The fourth-order valence-corrected chi connectivity index (χ4v) is 3.33. The summed E-state index contributed by atoms with van der Waals surface area (Å²) in [5, 5.41) is 2.96. The van der Waals surface area contributed by atoms with Crippen molar-refractivity contribution in [3.63, 3.8) is 0 Å². The molecule has 0 radical (unpaired) electrons. The molecule has 4 unspecified atom stereocenters. The molecule has 4 atom stereocenters. The molecule has 2 aliphatic rings. The number of rotatable bonds is 3. The molecule has 1 aliphatic heterocycles. The summed E-state index contributed by atoms with van der Waals surface area (Å²) in [7, 11) is 0. The molecule has 1 saturated carbocycles. The normalized spacial score (nSPS) is 35.6. The molecule has 2 amide bonds. The maximum Gasteiger partial charge on any atom is 0.253 e. The minimum absolute atomic E-state index is 0.0227. The Labute approximate surface area is 125 Å². The third kappa shape index (κ3) is 2.13. The summed E-state index contributed by atoms with van der Waals surface area (Å²) in [6.07, 6.45) is 1.66. The highest BCUT2D eigenvalue weighted by Gasteiger charge is 2.54. The zero-order valence-electron chi connectivity index (χ0n) is 12.8. The predicted molar refractivity (Wildman–Crippen MR) is 80.4 cm³/mol. The van der Waals surface area contributed by atoms with Crippen molar-refractivity contribution >= 4 is 11.8 Å². The predicted octanol–water partition coefficient (Wildman–Crippen LogP) is 2.05. The lowest BCUT2D eigenvalue weighted by Crippen LogP contribution is -2.68. The molecule has 1 saturated heterocycles. The third-order valence-electron chi connectivity index (χ3n) is 4.84. The molecule has 1 N–H and O–H groups in total. The van der Waals surface area contributed by atoms with Crippen LogP contribution < -0.4 is 5.32 Å². The molecule has 4 heteroatoms. The second-order valence-corrected chi connectivity index (χ2v) is 6.40. The van der Waals surface area contributed by atoms with Gasteiger partial charge in [-0.1, -0.05) is 44.2 Å². The van der Waals surface area contributed by atoms with Gasteiger partial charge in [-0.15, -0.1) is 0 Å². The van der Waals surface area contributed by atoms with E-state index in [9.17, 15) is 9.59 Å². The average molecular weight is 286 g/mol. The first-order chi connectivity index (χ1) is 9.99. The van der Waals surface area contributed by atoms with Crippen LogP contribution >= 0.6 is 0 Å². The van der Waals surface area contributed by atoms with Crippen molar-refractivity contribution in [2.75, 3.05) is 0 Å². The van der Waals surface area contributed by atoms with Gasteiger partial charge in [-0.25, -0.2) is 0 Å². The number of benzene rings is 1. The average Bonchev–Trinajstić information content (AvgIpc) is 3.20. The second kappa shape index (κ2) is 4.86. The minimum Gasteiger partial charge on any atom is -0.336 e. The third-order valence-corrected chi connectivity index (χ3v) is 4.84. The maximum atomic E-state index is 13.1. The fourth-order valence-electron chi connectivity index (χ4n) is 3.33. The number of piperazine rings is 1. The fraction of sp³-hybridized carbons (Fsp3) is 0.529. The zero-order chi connectivity index (χ0) is 15.2. The highest BCUT2D eigenvalue weighted by atomic mass is 16.2. The Kier molecular flexibility index (Phi) is 3.27. The highest BCUT2D eigenvalue weighted by Crippen LogP contribution is 2.41. The number of carbonyl (C=O) groups excluding carboxylic acids is 2. The molecular formula is C17H22N2O2. The van der Waals surface area contributed by atoms with E-state index in [4.69, 9.17) is 0 Å². The van der Waals surface area contributed by atoms with Crippen LogP contribution in [-0.2, 0) is 15.1 Å². The van der Waals surface area contributed by atoms with Gasteiger partial charge in [0.15, 0.2) is 0 Å². The van der Waals surface area contributed by atoms with E-state index in [1.807, 2.05) is 49.1 Å². The van der Waals surface area contributed by atoms with Crippen LogP contribution in [0.15, 0.2) is 30.3 Å². The van der Waals surface area contributed by atoms with Crippen LogP contribution in [0.25, 0.3) is 0 Å². The first-order valence-corrected chi connectivity index (χ1v) is 7.69. The summed E-state index contributed by atoms with van der Waals surface area (Å²) in [5.41, 5.74) is -0.108. The standard InChI is InChI=1S/C17H22N2O2/c1-4-13-15(20)18-17(3,12-8-6-5-7-9-12)16(21)19(13)14-10-11(14)2/h5-9,11,13-14H,4,10H2,1-3H3,(H,18,20). The highest BCUT2D eigenvalue weighted by molar-refractivity contribution is 6.00. The molecular weight excluding hydrogens is 264 g/mol. The van der Waals surface area contributed by atoms with E-state index in [1.54, 1.807) is 0 Å². The van der Waals surface area contributed by atoms with E-state index in [0.29, 0.717) is 12.3 Å². The van der Waals surface area contributed by atoms with Gasteiger partial charge in [0.05, 0.1) is 0 Å². The first kappa shape index (κ1) is 14.1. The van der Waals surface area contributed by atoms with Crippen LogP contribution in [0.5, 0.6) is 0 Å². The van der Waals surface area contributed by atoms with Crippen molar-refractivity contribution in [1.82, 2.24) is 10.2 Å². The molecule has 1 heterocycles. The second-order valence-electron chi connectivity index (χ2n) is 6.40. The monoisotopic (exact) mass is 286 g/mol. The van der Waals surface area contributed by atoms with Gasteiger partial charge < -0.3 is 10.2 Å². The quantitative estimate of drug-likeness (QED) is 0.924. The van der Waals surface area contributed by atoms with Gasteiger partial charge in [0.2, 0.25) is 5.91 Å². The smallest absolute Gasteiger partial charge is 0.253 e. The Morgan fingerprint density at radius 3 is 2.43 bits per heavy atom. The lowest BCUT2D eigenvalue weighted by molar-refractivity contribution is -0.156. The number of carbonyl (C=O) groups is 2. The van der Waals surface area contributed by atoms with Crippen molar-refractivity contribution in [2.45, 2.75) is 51.2 Å². The van der Waals surface area contributed by atoms with Crippen molar-refractivity contribution in [2.24, 2.45) is 5.92 Å². The molecule has 4 nitrogen and oxygen atoms in total. The Morgan fingerprint density at radius 2 is 1.90 bits per heavy atom. The Hall–Kier alpha value is -1.84. The maximum absolute atomic E-state index is 13.1. The first-order valence-electron chi connectivity index (χ1n) is 7.69. The summed E-state index contributed by atoms with van der Waals surface area (Å²) in [6, 6.07) is 9.41. The van der Waals surface area contributed by atoms with E-state index >= 15 is 0 Å². The molecule has 0 bridgehead atoms. The molecule has 3 rings (SSSR count). The van der Waals surface area contributed by atoms with Gasteiger partial charge in [0.25, 0.3) is 5.91 Å². The lowest BCUT2D eigenvalue weighted by Gasteiger charge is -2.45. The molecule has 1 aliphatic carbocycles. The minimum atomic E-state index is -0.952. The van der Waals surface area contributed by atoms with Gasteiger partial charge in [-0.05, 0) is 31.2 Å². The number of hydrogen-bond donors (Lipinski definition) is 1. The Bertz CT molecular complexity index is 571. The van der Waals surface area contributed by atoms with E-state index in [-0.39, 0.29) is 23.9 Å². The molecule has 0 aromatic heterocycles. The van der Waals surface area contributed by atoms with E-state index < -0.39 is 5.54 Å². The van der Waals surface area contributed by atoms with Crippen LogP contribution in [0.2, 0.25) is 0 Å². The molecule has 1 aromatic rings. The van der Waals surface area contributed by atoms with Gasteiger partial charge in [0, 0.05) is 6.04 Å². The van der Waals surface area contributed by atoms with Gasteiger partial charge in [-0.2, -0.15) is 0 Å². The van der Waals surface area contributed by atoms with E-state index in [1.165, 1.54) is 0 Å². The van der Waals surface area contributed by atoms with Crippen molar-refractivity contribution in [3.8, 4) is 0 Å². The Balaban J connectivity index is 2.00. The topological polar surface area (TPSA) is 49.4 Å². The van der Waals surface area contributed by atoms with Gasteiger partial charge in [-0.3, -0.25) is 9.59 Å². The number of nitrogens with one attached hydrogen (secondary N) is 1. The molecule has 0 spiro atoms. The molecule has 112 valence electrons. The number of nitrogens with zero attached hydrogens (tertiary/aromatic N) is 1. The summed E-state index contributed by atoms with van der Waals surface area (Å²) < 4.78 is 0. The summed E-state index contributed by atoms with van der Waals surface area (Å²) in [4.78, 5) is 27.4. The number of hydrogen-bond acceptors (Lipinski definition) is 2. The van der Waals surface area contributed by atoms with E-state index in [2.05, 4.69) is 12.2 Å². The number of amides is 2. The van der Waals surface area contributed by atoms with E-state index in [0.717, 1.165) is 12.0 Å². The van der Waals surface area contributed by atoms with Gasteiger partial charge in [0.1, 0.15) is 11.6 Å². The summed E-state index contributed by atoms with van der Waals surface area (Å²) in [6.45, 7) is 5.91. The van der Waals surface area contributed by atoms with Crippen LogP contribution in [0.3, 0.4) is 0 Å². The van der Waals surface area contributed by atoms with Crippen molar-refractivity contribution in [1.29, 1.82) is 0 Å². The zero-order valence-corrected chi connectivity index (χ0v) is 12.8. The van der Waals surface area contributed by atoms with Crippen LogP contribution in [0, 0.1) is 5.92 Å². The molecule has 2 fully saturated rings. The van der Waals surface area contributed by atoms with Gasteiger partial charge >= 0.3 is 0 Å². The SMILES string of the molecule is CCC1C(=O)NC(C)(c2ccccc2)C(=O)N1C1CC1C. The lowest BCUT2D eigenvalue weighted by atomic mass is 9.86. The molecule has 21 heavy (non-hydrogen) atoms.